The van der Waals surface area contributed by atoms with Gasteiger partial charge in [-0.25, -0.2) is 15.0 Å². The number of fused-ring (bicyclic) bond motifs is 1. The zero-order valence-corrected chi connectivity index (χ0v) is 21.2. The molecule has 4 heterocycles. The Hall–Kier alpha value is -4.13. The Morgan fingerprint density at radius 1 is 1.18 bits per heavy atom. The highest BCUT2D eigenvalue weighted by Gasteiger charge is 2.47. The van der Waals surface area contributed by atoms with E-state index < -0.39 is 30.4 Å². The molecule has 4 N–H and O–H groups in total. The van der Waals surface area contributed by atoms with Crippen LogP contribution in [-0.2, 0) is 16.1 Å². The summed E-state index contributed by atoms with van der Waals surface area (Å²) >= 11 is 0. The van der Waals surface area contributed by atoms with Gasteiger partial charge in [0.25, 0.3) is 5.91 Å². The lowest BCUT2D eigenvalue weighted by atomic mass is 10.1. The van der Waals surface area contributed by atoms with Crippen LogP contribution in [0.5, 0.6) is 5.75 Å². The van der Waals surface area contributed by atoms with Gasteiger partial charge in [-0.3, -0.25) is 14.3 Å². The van der Waals surface area contributed by atoms with E-state index in [0.29, 0.717) is 47.3 Å². The van der Waals surface area contributed by atoms with E-state index in [1.54, 1.807) is 18.5 Å². The van der Waals surface area contributed by atoms with Crippen molar-refractivity contribution in [3.8, 4) is 17.1 Å². The summed E-state index contributed by atoms with van der Waals surface area (Å²) < 4.78 is 12.9. The van der Waals surface area contributed by atoms with E-state index >= 15 is 0 Å². The Labute approximate surface area is 218 Å². The number of nitrogens with one attached hydrogen (secondary N) is 2. The molecule has 0 radical (unpaired) electrons. The topological polar surface area (TPSA) is 157 Å². The van der Waals surface area contributed by atoms with Gasteiger partial charge in [0.2, 0.25) is 0 Å². The lowest BCUT2D eigenvalue weighted by Crippen LogP contribution is -2.41. The molecule has 38 heavy (non-hydrogen) atoms. The van der Waals surface area contributed by atoms with Gasteiger partial charge in [-0.15, -0.1) is 0 Å². The van der Waals surface area contributed by atoms with Gasteiger partial charge in [-0.1, -0.05) is 29.8 Å². The predicted octanol–water partition coefficient (Wildman–Crippen LogP) is 1.57. The minimum absolute atomic E-state index is 0.343. The van der Waals surface area contributed by atoms with Crippen molar-refractivity contribution in [3.05, 3.63) is 60.2 Å². The fraction of sp³-hybridized carbons (Fsp3) is 0.346. The van der Waals surface area contributed by atoms with Crippen LogP contribution in [0.15, 0.2) is 49.1 Å². The summed E-state index contributed by atoms with van der Waals surface area (Å²) in [6.07, 6.45) is -0.480. The van der Waals surface area contributed by atoms with E-state index in [0.717, 1.165) is 11.1 Å². The Bertz CT molecular complexity index is 1460. The summed E-state index contributed by atoms with van der Waals surface area (Å²) in [6, 6.07) is 9.88. The minimum atomic E-state index is -1.43. The highest BCUT2D eigenvalue weighted by molar-refractivity contribution is 5.85. The molecule has 198 valence electrons. The van der Waals surface area contributed by atoms with Crippen LogP contribution in [0.3, 0.4) is 0 Å². The number of carbonyl (C=O) groups excluding carboxylic acids is 1. The first-order valence-electron chi connectivity index (χ1n) is 12.2. The second-order valence-electron chi connectivity index (χ2n) is 8.95. The predicted molar refractivity (Wildman–Crippen MR) is 138 cm³/mol. The fourth-order valence-corrected chi connectivity index (χ4v) is 4.40. The average molecular weight is 520 g/mol. The highest BCUT2D eigenvalue weighted by atomic mass is 16.6. The van der Waals surface area contributed by atoms with Crippen molar-refractivity contribution in [1.82, 2.24) is 29.8 Å². The number of ether oxygens (including phenoxy) is 2. The van der Waals surface area contributed by atoms with Gasteiger partial charge in [0.15, 0.2) is 35.1 Å². The van der Waals surface area contributed by atoms with Crippen LogP contribution in [0.1, 0.15) is 24.3 Å². The Kier molecular flexibility index (Phi) is 7.18. The molecule has 12 heteroatoms. The number of carbonyl (C=O) groups is 1. The smallest absolute Gasteiger partial charge is 0.251 e. The number of aryl methyl sites for hydroxylation is 1. The van der Waals surface area contributed by atoms with E-state index in [2.05, 4.69) is 26.7 Å². The van der Waals surface area contributed by atoms with Crippen LogP contribution in [0.4, 0.5) is 5.82 Å². The molecule has 1 amide bonds. The molecule has 12 nitrogen and oxygen atoms in total. The first-order chi connectivity index (χ1) is 18.4. The zero-order chi connectivity index (χ0) is 26.8. The van der Waals surface area contributed by atoms with Crippen LogP contribution in [0, 0.1) is 6.92 Å². The van der Waals surface area contributed by atoms with Crippen molar-refractivity contribution in [2.45, 2.75) is 44.9 Å². The number of likely N-dealkylation sites (N-methyl/N-ethyl adjacent to an activating group) is 1. The maximum Gasteiger partial charge on any atom is 0.251 e. The first-order valence-corrected chi connectivity index (χ1v) is 12.2. The number of nitrogens with zero attached hydrogens (tertiary/aromatic N) is 5. The second kappa shape index (κ2) is 10.7. The maximum absolute atomic E-state index is 12.2. The SMILES string of the molecule is CCOc1cncc(-c2nc(NCc3cccc(C)c3)c3ncn(C4O[C@H](C(=O)NC)C(O)C4O)c3n2)c1. The summed E-state index contributed by atoms with van der Waals surface area (Å²) in [7, 11) is 1.43. The van der Waals surface area contributed by atoms with Crippen molar-refractivity contribution < 1.29 is 24.5 Å². The molecule has 1 fully saturated rings. The molecule has 3 aromatic heterocycles. The van der Waals surface area contributed by atoms with E-state index in [1.165, 1.54) is 17.9 Å². The maximum atomic E-state index is 12.2. The number of rotatable bonds is 8. The number of aliphatic hydroxyl groups excluding tert-OH is 2. The van der Waals surface area contributed by atoms with Gasteiger partial charge in [-0.05, 0) is 25.5 Å². The lowest BCUT2D eigenvalue weighted by Gasteiger charge is -2.17. The number of amides is 1. The number of anilines is 1. The third-order valence-corrected chi connectivity index (χ3v) is 6.26. The van der Waals surface area contributed by atoms with Crippen LogP contribution >= 0.6 is 0 Å². The zero-order valence-electron chi connectivity index (χ0n) is 21.2. The van der Waals surface area contributed by atoms with Crippen LogP contribution in [0.2, 0.25) is 0 Å². The number of imidazole rings is 1. The molecule has 1 aliphatic heterocycles. The number of hydrogen-bond donors (Lipinski definition) is 4. The average Bonchev–Trinajstić information content (AvgIpc) is 3.47. The van der Waals surface area contributed by atoms with Gasteiger partial charge < -0.3 is 30.3 Å². The quantitative estimate of drug-likeness (QED) is 0.269. The molecular formula is C26H29N7O5. The van der Waals surface area contributed by atoms with Crippen molar-refractivity contribution in [2.24, 2.45) is 0 Å². The van der Waals surface area contributed by atoms with E-state index in [-0.39, 0.29) is 0 Å². The van der Waals surface area contributed by atoms with Crippen LogP contribution in [-0.4, -0.2) is 72.6 Å². The van der Waals surface area contributed by atoms with E-state index in [1.807, 2.05) is 32.0 Å². The first kappa shape index (κ1) is 25.5. The molecule has 0 saturated carbocycles. The number of aromatic nitrogens is 5. The lowest BCUT2D eigenvalue weighted by molar-refractivity contribution is -0.137. The molecule has 3 unspecified atom stereocenters. The summed E-state index contributed by atoms with van der Waals surface area (Å²) in [4.78, 5) is 30.4. The number of benzene rings is 1. The van der Waals surface area contributed by atoms with E-state index in [9.17, 15) is 15.0 Å². The molecule has 5 rings (SSSR count). The van der Waals surface area contributed by atoms with E-state index in [4.69, 9.17) is 19.4 Å². The largest absolute Gasteiger partial charge is 0.492 e. The monoisotopic (exact) mass is 519 g/mol. The standard InChI is InChI=1S/C26H29N7O5/c1-4-37-17-9-16(11-28-12-17)22-31-23(29-10-15-7-5-6-14(2)8-15)18-24(32-22)33(13-30-18)26-20(35)19(34)21(38-26)25(36)27-3/h5-9,11-13,19-21,26,34-35H,4,10H2,1-3H3,(H,27,36)(H,29,31,32)/t19?,20?,21-,26?/m0/s1. The van der Waals surface area contributed by atoms with Gasteiger partial charge in [0.05, 0.1) is 19.1 Å². The Morgan fingerprint density at radius 3 is 2.79 bits per heavy atom. The molecule has 0 aliphatic carbocycles. The van der Waals surface area contributed by atoms with Gasteiger partial charge in [0, 0.05) is 25.4 Å². The second-order valence-corrected chi connectivity index (χ2v) is 8.95. The fourth-order valence-electron chi connectivity index (χ4n) is 4.40. The third-order valence-electron chi connectivity index (χ3n) is 6.26. The Morgan fingerprint density at radius 2 is 2.03 bits per heavy atom. The molecule has 1 aromatic carbocycles. The molecule has 0 spiro atoms. The third kappa shape index (κ3) is 4.88. The molecule has 1 aliphatic rings. The Balaban J connectivity index is 1.58. The van der Waals surface area contributed by atoms with Gasteiger partial charge in [-0.2, -0.15) is 0 Å². The normalized spacial score (nSPS) is 21.0. The molecule has 0 bridgehead atoms. The van der Waals surface area contributed by atoms with Crippen molar-refractivity contribution >= 4 is 22.9 Å². The van der Waals surface area contributed by atoms with Gasteiger partial charge >= 0.3 is 0 Å². The van der Waals surface area contributed by atoms with Gasteiger partial charge in [0.1, 0.15) is 18.0 Å². The molecular weight excluding hydrogens is 490 g/mol. The number of hydrogen-bond acceptors (Lipinski definition) is 10. The summed E-state index contributed by atoms with van der Waals surface area (Å²) in [5.41, 5.74) is 3.59. The highest BCUT2D eigenvalue weighted by Crippen LogP contribution is 2.34. The number of aliphatic hydroxyl groups is 2. The number of pyridine rings is 1. The van der Waals surface area contributed by atoms with Crippen molar-refractivity contribution in [3.63, 3.8) is 0 Å². The molecule has 4 aromatic rings. The summed E-state index contributed by atoms with van der Waals surface area (Å²) in [6.45, 7) is 4.87. The van der Waals surface area contributed by atoms with Crippen molar-refractivity contribution in [2.75, 3.05) is 19.0 Å². The molecule has 4 atom stereocenters. The minimum Gasteiger partial charge on any atom is -0.492 e. The van der Waals surface area contributed by atoms with Crippen molar-refractivity contribution in [1.29, 1.82) is 0 Å². The summed E-state index contributed by atoms with van der Waals surface area (Å²) in [5.74, 6) is 0.833. The summed E-state index contributed by atoms with van der Waals surface area (Å²) in [5, 5.41) is 27.0. The van der Waals surface area contributed by atoms with Crippen LogP contribution < -0.4 is 15.4 Å². The van der Waals surface area contributed by atoms with Crippen LogP contribution in [0.25, 0.3) is 22.6 Å². The molecule has 1 saturated heterocycles.